The predicted octanol–water partition coefficient (Wildman–Crippen LogP) is 2.64. The molecule has 1 fully saturated rings. The van der Waals surface area contributed by atoms with Crippen molar-refractivity contribution >= 4 is 0 Å². The molecule has 0 aromatic heterocycles. The van der Waals surface area contributed by atoms with Crippen LogP contribution in [0.3, 0.4) is 0 Å². The minimum atomic E-state index is 0.760. The van der Waals surface area contributed by atoms with Gasteiger partial charge in [0.15, 0.2) is 0 Å². The molecule has 1 N–H and O–H groups in total. The summed E-state index contributed by atoms with van der Waals surface area (Å²) in [5.41, 5.74) is 0. The lowest BCUT2D eigenvalue weighted by Crippen LogP contribution is -2.43. The van der Waals surface area contributed by atoms with Crippen LogP contribution in [0, 0.1) is 0 Å². The molecule has 15 heavy (non-hydrogen) atoms. The molecule has 0 aromatic rings. The highest BCUT2D eigenvalue weighted by atomic mass is 15.2. The number of nitrogens with one attached hydrogen (secondary N) is 1. The van der Waals surface area contributed by atoms with Crippen molar-refractivity contribution in [1.82, 2.24) is 10.2 Å². The molecule has 0 saturated carbocycles. The first-order valence-corrected chi connectivity index (χ1v) is 6.79. The summed E-state index contributed by atoms with van der Waals surface area (Å²) in [6.07, 6.45) is 6.71. The number of hydrogen-bond donors (Lipinski definition) is 1. The monoisotopic (exact) mass is 212 g/mol. The fraction of sp³-hybridized carbons (Fsp3) is 1.00. The van der Waals surface area contributed by atoms with E-state index in [0.29, 0.717) is 0 Å². The van der Waals surface area contributed by atoms with Gasteiger partial charge in [0.25, 0.3) is 0 Å². The molecule has 2 atom stereocenters. The molecule has 0 aromatic carbocycles. The highest BCUT2D eigenvalue weighted by molar-refractivity contribution is 4.80. The summed E-state index contributed by atoms with van der Waals surface area (Å²) < 4.78 is 0. The van der Waals surface area contributed by atoms with Crippen molar-refractivity contribution in [2.75, 3.05) is 19.6 Å². The molecule has 1 aliphatic heterocycles. The van der Waals surface area contributed by atoms with Crippen molar-refractivity contribution in [2.24, 2.45) is 0 Å². The van der Waals surface area contributed by atoms with E-state index < -0.39 is 0 Å². The lowest BCUT2D eigenvalue weighted by atomic mass is 10.1. The van der Waals surface area contributed by atoms with Gasteiger partial charge in [0.05, 0.1) is 0 Å². The Morgan fingerprint density at radius 3 is 2.60 bits per heavy atom. The standard InChI is InChI=1S/C13H28N2/c1-4-8-13(5-2)15(6-3)11-12-9-7-10-14-12/h12-14H,4-11H2,1-3H3. The number of likely N-dealkylation sites (N-methyl/N-ethyl adjacent to an activating group) is 1. The van der Waals surface area contributed by atoms with E-state index in [1.807, 2.05) is 0 Å². The van der Waals surface area contributed by atoms with E-state index in [4.69, 9.17) is 0 Å². The Kier molecular flexibility index (Phi) is 6.26. The van der Waals surface area contributed by atoms with Crippen molar-refractivity contribution in [1.29, 1.82) is 0 Å². The van der Waals surface area contributed by atoms with E-state index >= 15 is 0 Å². The molecule has 0 spiro atoms. The predicted molar refractivity (Wildman–Crippen MR) is 67.3 cm³/mol. The van der Waals surface area contributed by atoms with E-state index in [2.05, 4.69) is 31.0 Å². The first kappa shape index (κ1) is 13.0. The van der Waals surface area contributed by atoms with Crippen LogP contribution in [0.1, 0.15) is 52.9 Å². The Balaban J connectivity index is 2.37. The van der Waals surface area contributed by atoms with Gasteiger partial charge in [0.1, 0.15) is 0 Å². The molecule has 1 heterocycles. The van der Waals surface area contributed by atoms with Crippen LogP contribution in [0.15, 0.2) is 0 Å². The van der Waals surface area contributed by atoms with Gasteiger partial charge in [-0.2, -0.15) is 0 Å². The van der Waals surface area contributed by atoms with Crippen molar-refractivity contribution < 1.29 is 0 Å². The van der Waals surface area contributed by atoms with Crippen LogP contribution in [-0.2, 0) is 0 Å². The minimum Gasteiger partial charge on any atom is -0.313 e. The third-order valence-corrected chi connectivity index (χ3v) is 3.63. The summed E-state index contributed by atoms with van der Waals surface area (Å²) in [5.74, 6) is 0. The van der Waals surface area contributed by atoms with E-state index in [1.54, 1.807) is 0 Å². The lowest BCUT2D eigenvalue weighted by Gasteiger charge is -2.32. The highest BCUT2D eigenvalue weighted by Crippen LogP contribution is 2.14. The van der Waals surface area contributed by atoms with E-state index in [0.717, 1.165) is 12.1 Å². The molecule has 1 saturated heterocycles. The second-order valence-corrected chi connectivity index (χ2v) is 4.73. The van der Waals surface area contributed by atoms with Gasteiger partial charge in [0.2, 0.25) is 0 Å². The zero-order chi connectivity index (χ0) is 11.1. The van der Waals surface area contributed by atoms with Crippen LogP contribution in [0.5, 0.6) is 0 Å². The first-order valence-electron chi connectivity index (χ1n) is 6.79. The zero-order valence-corrected chi connectivity index (χ0v) is 10.8. The van der Waals surface area contributed by atoms with E-state index in [1.165, 1.54) is 51.7 Å². The molecular formula is C13H28N2. The number of hydrogen-bond acceptors (Lipinski definition) is 2. The number of nitrogens with zero attached hydrogens (tertiary/aromatic N) is 1. The van der Waals surface area contributed by atoms with Crippen LogP contribution in [-0.4, -0.2) is 36.6 Å². The van der Waals surface area contributed by atoms with Crippen LogP contribution >= 0.6 is 0 Å². The molecule has 0 aliphatic carbocycles. The van der Waals surface area contributed by atoms with Crippen LogP contribution < -0.4 is 5.32 Å². The Morgan fingerprint density at radius 2 is 2.13 bits per heavy atom. The Morgan fingerprint density at radius 1 is 1.33 bits per heavy atom. The van der Waals surface area contributed by atoms with Gasteiger partial charge in [0, 0.05) is 18.6 Å². The molecule has 0 amide bonds. The Hall–Kier alpha value is -0.0800. The average molecular weight is 212 g/mol. The molecular weight excluding hydrogens is 184 g/mol. The molecule has 2 nitrogen and oxygen atoms in total. The molecule has 1 aliphatic rings. The Bertz CT molecular complexity index is 153. The van der Waals surface area contributed by atoms with Crippen molar-refractivity contribution in [3.05, 3.63) is 0 Å². The number of rotatable bonds is 7. The minimum absolute atomic E-state index is 0.760. The normalized spacial score (nSPS) is 23.6. The van der Waals surface area contributed by atoms with Crippen molar-refractivity contribution in [3.8, 4) is 0 Å². The fourth-order valence-electron chi connectivity index (χ4n) is 2.71. The average Bonchev–Trinajstić information content (AvgIpc) is 2.75. The maximum atomic E-state index is 3.60. The summed E-state index contributed by atoms with van der Waals surface area (Å²) in [6, 6.07) is 1.57. The van der Waals surface area contributed by atoms with Gasteiger partial charge in [-0.25, -0.2) is 0 Å². The van der Waals surface area contributed by atoms with Gasteiger partial charge in [-0.3, -0.25) is 4.90 Å². The molecule has 2 heteroatoms. The second kappa shape index (κ2) is 7.24. The molecule has 90 valence electrons. The van der Waals surface area contributed by atoms with Gasteiger partial charge in [-0.1, -0.05) is 27.2 Å². The van der Waals surface area contributed by atoms with E-state index in [-0.39, 0.29) is 0 Å². The third kappa shape index (κ3) is 4.12. The maximum absolute atomic E-state index is 3.60. The maximum Gasteiger partial charge on any atom is 0.0195 e. The van der Waals surface area contributed by atoms with E-state index in [9.17, 15) is 0 Å². The summed E-state index contributed by atoms with van der Waals surface area (Å²) in [7, 11) is 0. The largest absolute Gasteiger partial charge is 0.313 e. The third-order valence-electron chi connectivity index (χ3n) is 3.63. The van der Waals surface area contributed by atoms with Crippen LogP contribution in [0.25, 0.3) is 0 Å². The summed E-state index contributed by atoms with van der Waals surface area (Å²) in [4.78, 5) is 2.67. The van der Waals surface area contributed by atoms with Crippen LogP contribution in [0.4, 0.5) is 0 Å². The summed E-state index contributed by atoms with van der Waals surface area (Å²) in [5, 5.41) is 3.60. The quantitative estimate of drug-likeness (QED) is 0.698. The topological polar surface area (TPSA) is 15.3 Å². The molecule has 1 rings (SSSR count). The zero-order valence-electron chi connectivity index (χ0n) is 10.8. The van der Waals surface area contributed by atoms with Gasteiger partial charge < -0.3 is 5.32 Å². The van der Waals surface area contributed by atoms with Gasteiger partial charge in [-0.05, 0) is 38.8 Å². The molecule has 2 unspecified atom stereocenters. The van der Waals surface area contributed by atoms with Gasteiger partial charge >= 0.3 is 0 Å². The van der Waals surface area contributed by atoms with Crippen LogP contribution in [0.2, 0.25) is 0 Å². The summed E-state index contributed by atoms with van der Waals surface area (Å²) in [6.45, 7) is 10.6. The lowest BCUT2D eigenvalue weighted by molar-refractivity contribution is 0.174. The van der Waals surface area contributed by atoms with Crippen molar-refractivity contribution in [2.45, 2.75) is 65.0 Å². The van der Waals surface area contributed by atoms with Gasteiger partial charge in [-0.15, -0.1) is 0 Å². The fourth-order valence-corrected chi connectivity index (χ4v) is 2.71. The SMILES string of the molecule is CCCC(CC)N(CC)CC1CCCN1. The second-order valence-electron chi connectivity index (χ2n) is 4.73. The first-order chi connectivity index (χ1) is 7.31. The molecule has 0 radical (unpaired) electrons. The smallest absolute Gasteiger partial charge is 0.0195 e. The highest BCUT2D eigenvalue weighted by Gasteiger charge is 2.21. The molecule has 0 bridgehead atoms. The summed E-state index contributed by atoms with van der Waals surface area (Å²) >= 11 is 0. The van der Waals surface area contributed by atoms with Crippen molar-refractivity contribution in [3.63, 3.8) is 0 Å². The Labute approximate surface area is 95.4 Å².